The molecule has 2 aromatic rings. The first-order chi connectivity index (χ1) is 11.4. The van der Waals surface area contributed by atoms with E-state index in [9.17, 15) is 4.79 Å². The summed E-state index contributed by atoms with van der Waals surface area (Å²) in [5, 5.41) is 8.89. The molecule has 0 bridgehead atoms. The van der Waals surface area contributed by atoms with Crippen molar-refractivity contribution in [3.63, 3.8) is 0 Å². The van der Waals surface area contributed by atoms with Crippen molar-refractivity contribution in [1.29, 1.82) is 0 Å². The quantitative estimate of drug-likeness (QED) is 0.636. The molecule has 130 valence electrons. The molecule has 0 aromatic heterocycles. The Morgan fingerprint density at radius 1 is 1.00 bits per heavy atom. The summed E-state index contributed by atoms with van der Waals surface area (Å²) >= 11 is 6.81. The fourth-order valence-corrected chi connectivity index (χ4v) is 3.41. The monoisotopic (exact) mass is 456 g/mol. The van der Waals surface area contributed by atoms with E-state index in [1.54, 1.807) is 0 Å². The van der Waals surface area contributed by atoms with Crippen molar-refractivity contribution in [3.8, 4) is 0 Å². The number of hydrogen-bond acceptors (Lipinski definition) is 3. The van der Waals surface area contributed by atoms with Crippen LogP contribution >= 0.6 is 31.9 Å². The van der Waals surface area contributed by atoms with Gasteiger partial charge in [-0.25, -0.2) is 0 Å². The highest BCUT2D eigenvalue weighted by Crippen LogP contribution is 2.25. The van der Waals surface area contributed by atoms with Crippen molar-refractivity contribution < 1.29 is 14.6 Å². The molecule has 0 heterocycles. The predicted molar refractivity (Wildman–Crippen MR) is 104 cm³/mol. The molecule has 3 nitrogen and oxygen atoms in total. The summed E-state index contributed by atoms with van der Waals surface area (Å²) in [5.74, 6) is -0.224. The summed E-state index contributed by atoms with van der Waals surface area (Å²) in [5.41, 5.74) is 2.12. The lowest BCUT2D eigenvalue weighted by Gasteiger charge is -2.10. The average molecular weight is 458 g/mol. The van der Waals surface area contributed by atoms with Crippen LogP contribution < -0.4 is 0 Å². The highest BCUT2D eigenvalue weighted by atomic mass is 79.9. The Morgan fingerprint density at radius 3 is 1.88 bits per heavy atom. The van der Waals surface area contributed by atoms with E-state index in [-0.39, 0.29) is 24.4 Å². The van der Waals surface area contributed by atoms with Gasteiger partial charge in [0.25, 0.3) is 0 Å². The molecule has 2 aromatic carbocycles. The van der Waals surface area contributed by atoms with E-state index in [1.165, 1.54) is 7.11 Å². The van der Waals surface area contributed by atoms with E-state index >= 15 is 0 Å². The van der Waals surface area contributed by atoms with Crippen LogP contribution in [0.3, 0.4) is 0 Å². The first-order valence-corrected chi connectivity index (χ1v) is 9.18. The highest BCUT2D eigenvalue weighted by molar-refractivity contribution is 9.10. The van der Waals surface area contributed by atoms with Crippen LogP contribution in [-0.2, 0) is 9.53 Å². The van der Waals surface area contributed by atoms with Gasteiger partial charge in [0.2, 0.25) is 0 Å². The largest absolute Gasteiger partial charge is 0.469 e. The van der Waals surface area contributed by atoms with Crippen LogP contribution in [0.25, 0.3) is 0 Å². The fraction of sp³-hybridized carbons (Fsp3) is 0.316. The first kappa shape index (κ1) is 20.9. The Bertz CT molecular complexity index is 659. The summed E-state index contributed by atoms with van der Waals surface area (Å²) in [6, 6.07) is 15.6. The van der Waals surface area contributed by atoms with Gasteiger partial charge in [0.05, 0.1) is 13.0 Å². The van der Waals surface area contributed by atoms with Crippen LogP contribution in [0.2, 0.25) is 0 Å². The van der Waals surface area contributed by atoms with Gasteiger partial charge in [0, 0.05) is 21.5 Å². The number of benzene rings is 2. The number of halogens is 2. The molecule has 0 saturated heterocycles. The first-order valence-electron chi connectivity index (χ1n) is 7.59. The van der Waals surface area contributed by atoms with Crippen molar-refractivity contribution in [2.45, 2.75) is 25.7 Å². The van der Waals surface area contributed by atoms with E-state index in [1.807, 2.05) is 62.4 Å². The number of rotatable bonds is 4. The Kier molecular flexibility index (Phi) is 9.26. The Morgan fingerprint density at radius 2 is 1.46 bits per heavy atom. The lowest BCUT2D eigenvalue weighted by Crippen LogP contribution is -2.11. The molecule has 2 atom stereocenters. The fourth-order valence-electron chi connectivity index (χ4n) is 2.10. The molecular formula is C19H22Br2O3. The van der Waals surface area contributed by atoms with Crippen molar-refractivity contribution in [3.05, 3.63) is 68.6 Å². The predicted octanol–water partition coefficient (Wildman–Crippen LogP) is 5.27. The molecule has 24 heavy (non-hydrogen) atoms. The lowest BCUT2D eigenvalue weighted by atomic mass is 10.0. The average Bonchev–Trinajstić information content (AvgIpc) is 2.61. The number of hydrogen-bond donors (Lipinski definition) is 1. The van der Waals surface area contributed by atoms with Gasteiger partial charge in [0.1, 0.15) is 0 Å². The van der Waals surface area contributed by atoms with E-state index in [0.29, 0.717) is 0 Å². The summed E-state index contributed by atoms with van der Waals surface area (Å²) in [6.07, 6.45) is 0. The van der Waals surface area contributed by atoms with Gasteiger partial charge in [-0.2, -0.15) is 0 Å². The van der Waals surface area contributed by atoms with E-state index in [4.69, 9.17) is 5.11 Å². The molecule has 0 fully saturated rings. The number of ether oxygens (including phenoxy) is 1. The number of carbonyl (C=O) groups excluding carboxylic acids is 1. The third-order valence-corrected chi connectivity index (χ3v) is 5.08. The molecule has 0 aliphatic heterocycles. The van der Waals surface area contributed by atoms with E-state index in [2.05, 4.69) is 36.6 Å². The zero-order chi connectivity index (χ0) is 18.1. The maximum atomic E-state index is 11.2. The van der Waals surface area contributed by atoms with Crippen molar-refractivity contribution >= 4 is 37.8 Å². The number of esters is 1. The van der Waals surface area contributed by atoms with Crippen LogP contribution in [-0.4, -0.2) is 24.8 Å². The van der Waals surface area contributed by atoms with Crippen LogP contribution in [0, 0.1) is 0 Å². The smallest absolute Gasteiger partial charge is 0.312 e. The molecule has 2 rings (SSSR count). The van der Waals surface area contributed by atoms with Crippen LogP contribution in [0.5, 0.6) is 0 Å². The van der Waals surface area contributed by atoms with Crippen LogP contribution in [0.4, 0.5) is 0 Å². The Balaban J connectivity index is 0.000000243. The molecule has 2 unspecified atom stereocenters. The normalized spacial score (nSPS) is 12.6. The molecule has 0 spiro atoms. The SMILES string of the molecule is CC(CO)c1ccccc1Br.COC(=O)C(C)c1ccccc1Br. The molecule has 1 N–H and O–H groups in total. The molecule has 0 amide bonds. The minimum atomic E-state index is -0.222. The van der Waals surface area contributed by atoms with Gasteiger partial charge in [-0.1, -0.05) is 75.2 Å². The van der Waals surface area contributed by atoms with Gasteiger partial charge in [-0.3, -0.25) is 4.79 Å². The third-order valence-electron chi connectivity index (χ3n) is 3.64. The summed E-state index contributed by atoms with van der Waals surface area (Å²) in [4.78, 5) is 11.2. The van der Waals surface area contributed by atoms with Crippen molar-refractivity contribution in [1.82, 2.24) is 0 Å². The second-order valence-electron chi connectivity index (χ2n) is 5.37. The van der Waals surface area contributed by atoms with Gasteiger partial charge in [-0.05, 0) is 30.2 Å². The Hall–Kier alpha value is -1.17. The van der Waals surface area contributed by atoms with Gasteiger partial charge in [-0.15, -0.1) is 0 Å². The zero-order valence-corrected chi connectivity index (χ0v) is 17.2. The van der Waals surface area contributed by atoms with Crippen molar-refractivity contribution in [2.75, 3.05) is 13.7 Å². The zero-order valence-electron chi connectivity index (χ0n) is 14.0. The molecule has 0 aliphatic rings. The van der Waals surface area contributed by atoms with Crippen LogP contribution in [0.1, 0.15) is 36.8 Å². The number of carbonyl (C=O) groups is 1. The standard InChI is InChI=1S/C10H11BrO2.C9H11BrO/c1-7(10(12)13-2)8-5-3-4-6-9(8)11;1-7(6-11)8-4-2-3-5-9(8)10/h3-7H,1-2H3;2-5,7,11H,6H2,1H3. The topological polar surface area (TPSA) is 46.5 Å². The second kappa shape index (κ2) is 10.6. The lowest BCUT2D eigenvalue weighted by molar-refractivity contribution is -0.142. The molecule has 0 radical (unpaired) electrons. The summed E-state index contributed by atoms with van der Waals surface area (Å²) in [7, 11) is 1.40. The van der Waals surface area contributed by atoms with Gasteiger partial charge in [0.15, 0.2) is 0 Å². The molecule has 0 aliphatic carbocycles. The summed E-state index contributed by atoms with van der Waals surface area (Å²) in [6.45, 7) is 4.02. The summed E-state index contributed by atoms with van der Waals surface area (Å²) < 4.78 is 6.67. The Labute approximate surface area is 160 Å². The van der Waals surface area contributed by atoms with E-state index < -0.39 is 0 Å². The minimum Gasteiger partial charge on any atom is -0.469 e. The van der Waals surface area contributed by atoms with Crippen LogP contribution in [0.15, 0.2) is 57.5 Å². The molecular weight excluding hydrogens is 436 g/mol. The minimum absolute atomic E-state index is 0.197. The number of methoxy groups -OCH3 is 1. The van der Waals surface area contributed by atoms with E-state index in [0.717, 1.165) is 20.1 Å². The maximum Gasteiger partial charge on any atom is 0.312 e. The van der Waals surface area contributed by atoms with Gasteiger partial charge >= 0.3 is 5.97 Å². The van der Waals surface area contributed by atoms with Crippen molar-refractivity contribution in [2.24, 2.45) is 0 Å². The number of aliphatic hydroxyl groups is 1. The second-order valence-corrected chi connectivity index (χ2v) is 7.08. The number of aliphatic hydroxyl groups excluding tert-OH is 1. The highest BCUT2D eigenvalue weighted by Gasteiger charge is 2.17. The third kappa shape index (κ3) is 6.04. The van der Waals surface area contributed by atoms with Gasteiger partial charge < -0.3 is 9.84 Å². The maximum absolute atomic E-state index is 11.2. The molecule has 0 saturated carbocycles. The molecule has 5 heteroatoms.